The van der Waals surface area contributed by atoms with Crippen LogP contribution in [0.2, 0.25) is 0 Å². The van der Waals surface area contributed by atoms with Crippen LogP contribution in [0.4, 0.5) is 6.01 Å². The molecule has 5 heteroatoms. The van der Waals surface area contributed by atoms with Gasteiger partial charge in [-0.25, -0.2) is 0 Å². The summed E-state index contributed by atoms with van der Waals surface area (Å²) >= 11 is 0. The van der Waals surface area contributed by atoms with E-state index in [1.54, 1.807) is 0 Å². The van der Waals surface area contributed by atoms with E-state index in [-0.39, 0.29) is 6.04 Å². The zero-order valence-corrected chi connectivity index (χ0v) is 9.90. The molecule has 1 aromatic heterocycles. The van der Waals surface area contributed by atoms with Gasteiger partial charge in [0.25, 0.3) is 0 Å². The highest BCUT2D eigenvalue weighted by atomic mass is 16.4. The van der Waals surface area contributed by atoms with E-state index in [1.807, 2.05) is 6.92 Å². The number of nitrogens with two attached hydrogens (primary N) is 1. The van der Waals surface area contributed by atoms with Gasteiger partial charge in [0.2, 0.25) is 5.89 Å². The first-order valence-electron chi connectivity index (χ1n) is 5.41. The normalized spacial score (nSPS) is 13.2. The Bertz CT molecular complexity index is 295. The molecule has 0 saturated heterocycles. The van der Waals surface area contributed by atoms with Crippen LogP contribution in [0.3, 0.4) is 0 Å². The molecule has 0 aliphatic carbocycles. The third-order valence-electron chi connectivity index (χ3n) is 2.15. The molecule has 5 nitrogen and oxygen atoms in total. The van der Waals surface area contributed by atoms with E-state index >= 15 is 0 Å². The van der Waals surface area contributed by atoms with Gasteiger partial charge in [0.05, 0.1) is 6.04 Å². The minimum absolute atomic E-state index is 0.207. The van der Waals surface area contributed by atoms with Gasteiger partial charge in [-0.05, 0) is 27.2 Å². The van der Waals surface area contributed by atoms with Crippen LogP contribution in [0.1, 0.15) is 46.0 Å². The Balaban J connectivity index is 2.81. The predicted molar refractivity (Wildman–Crippen MR) is 59.7 cm³/mol. The van der Waals surface area contributed by atoms with E-state index in [4.69, 9.17) is 10.2 Å². The fraction of sp³-hybridized carbons (Fsp3) is 0.800. The van der Waals surface area contributed by atoms with Gasteiger partial charge in [-0.15, -0.1) is 5.10 Å². The Hall–Kier alpha value is -1.10. The highest BCUT2D eigenvalue weighted by Gasteiger charge is 2.17. The van der Waals surface area contributed by atoms with E-state index in [0.29, 0.717) is 17.9 Å². The van der Waals surface area contributed by atoms with Crippen molar-refractivity contribution in [3.8, 4) is 0 Å². The predicted octanol–water partition coefficient (Wildman–Crippen LogP) is 1.71. The van der Waals surface area contributed by atoms with Crippen LogP contribution < -0.4 is 10.6 Å². The van der Waals surface area contributed by atoms with Crippen LogP contribution in [0.15, 0.2) is 4.42 Å². The zero-order valence-electron chi connectivity index (χ0n) is 9.90. The third kappa shape index (κ3) is 2.92. The molecular weight excluding hydrogens is 192 g/mol. The van der Waals surface area contributed by atoms with E-state index in [2.05, 4.69) is 35.9 Å². The quantitative estimate of drug-likeness (QED) is 0.804. The molecule has 0 aromatic carbocycles. The molecule has 0 aliphatic heterocycles. The van der Waals surface area contributed by atoms with Gasteiger partial charge in [-0.2, -0.15) is 0 Å². The van der Waals surface area contributed by atoms with Crippen molar-refractivity contribution in [1.29, 1.82) is 0 Å². The van der Waals surface area contributed by atoms with Crippen molar-refractivity contribution in [2.24, 2.45) is 5.73 Å². The second-order valence-electron chi connectivity index (χ2n) is 4.00. The molecule has 0 aliphatic rings. The first kappa shape index (κ1) is 12.0. The number of rotatable bonds is 5. The van der Waals surface area contributed by atoms with Gasteiger partial charge >= 0.3 is 6.01 Å². The average Bonchev–Trinajstić information content (AvgIpc) is 2.62. The minimum Gasteiger partial charge on any atom is -0.406 e. The molecule has 1 rings (SSSR count). The summed E-state index contributed by atoms with van der Waals surface area (Å²) in [5.74, 6) is 0.492. The van der Waals surface area contributed by atoms with Gasteiger partial charge in [-0.1, -0.05) is 12.0 Å². The maximum atomic E-state index is 5.66. The second kappa shape index (κ2) is 5.11. The maximum absolute atomic E-state index is 5.66. The molecular formula is C10H20N4O. The fourth-order valence-corrected chi connectivity index (χ4v) is 1.34. The van der Waals surface area contributed by atoms with Crippen LogP contribution in [-0.4, -0.2) is 22.8 Å². The summed E-state index contributed by atoms with van der Waals surface area (Å²) in [4.78, 5) is 2.08. The van der Waals surface area contributed by atoms with Crippen LogP contribution in [0.5, 0.6) is 0 Å². The molecule has 0 saturated carbocycles. The fourth-order valence-electron chi connectivity index (χ4n) is 1.34. The van der Waals surface area contributed by atoms with E-state index < -0.39 is 0 Å². The molecule has 15 heavy (non-hydrogen) atoms. The summed E-state index contributed by atoms with van der Waals surface area (Å²) < 4.78 is 5.50. The molecule has 86 valence electrons. The summed E-state index contributed by atoms with van der Waals surface area (Å²) in [7, 11) is 0. The SMILES string of the molecule is CCCN(c1nnc(C(C)N)o1)C(C)C. The van der Waals surface area contributed by atoms with Crippen molar-refractivity contribution < 1.29 is 4.42 Å². The monoisotopic (exact) mass is 212 g/mol. The lowest BCUT2D eigenvalue weighted by Gasteiger charge is -2.23. The standard InChI is InChI=1S/C10H20N4O/c1-5-6-14(7(2)3)10-13-12-9(15-10)8(4)11/h7-8H,5-6,11H2,1-4H3. The van der Waals surface area contributed by atoms with Crippen LogP contribution in [-0.2, 0) is 0 Å². The molecule has 0 amide bonds. The van der Waals surface area contributed by atoms with Gasteiger partial charge in [0.1, 0.15) is 0 Å². The molecule has 0 radical (unpaired) electrons. The largest absolute Gasteiger partial charge is 0.406 e. The van der Waals surface area contributed by atoms with Gasteiger partial charge in [0, 0.05) is 12.6 Å². The summed E-state index contributed by atoms with van der Waals surface area (Å²) in [6.07, 6.45) is 1.05. The van der Waals surface area contributed by atoms with E-state index in [1.165, 1.54) is 0 Å². The number of hydrogen-bond acceptors (Lipinski definition) is 5. The summed E-state index contributed by atoms with van der Waals surface area (Å²) in [6, 6.07) is 0.715. The lowest BCUT2D eigenvalue weighted by Crippen LogP contribution is -2.31. The van der Waals surface area contributed by atoms with Crippen molar-refractivity contribution >= 4 is 6.01 Å². The van der Waals surface area contributed by atoms with Crippen LogP contribution in [0.25, 0.3) is 0 Å². The minimum atomic E-state index is -0.207. The highest BCUT2D eigenvalue weighted by molar-refractivity contribution is 5.25. The molecule has 0 fully saturated rings. The average molecular weight is 212 g/mol. The number of hydrogen-bond donors (Lipinski definition) is 1. The maximum Gasteiger partial charge on any atom is 0.318 e. The van der Waals surface area contributed by atoms with Crippen molar-refractivity contribution in [3.63, 3.8) is 0 Å². The highest BCUT2D eigenvalue weighted by Crippen LogP contribution is 2.18. The Morgan fingerprint density at radius 1 is 1.33 bits per heavy atom. The number of aromatic nitrogens is 2. The van der Waals surface area contributed by atoms with Crippen molar-refractivity contribution in [3.05, 3.63) is 5.89 Å². The molecule has 0 spiro atoms. The van der Waals surface area contributed by atoms with Crippen molar-refractivity contribution in [2.75, 3.05) is 11.4 Å². The van der Waals surface area contributed by atoms with Crippen LogP contribution in [0, 0.1) is 0 Å². The Labute approximate surface area is 90.7 Å². The smallest absolute Gasteiger partial charge is 0.318 e. The number of anilines is 1. The molecule has 0 bridgehead atoms. The molecule has 2 N–H and O–H groups in total. The first-order valence-corrected chi connectivity index (χ1v) is 5.41. The molecule has 1 atom stereocenters. The summed E-state index contributed by atoms with van der Waals surface area (Å²) in [6.45, 7) is 9.07. The lowest BCUT2D eigenvalue weighted by molar-refractivity contribution is 0.446. The Morgan fingerprint density at radius 2 is 2.00 bits per heavy atom. The van der Waals surface area contributed by atoms with E-state index in [9.17, 15) is 0 Å². The van der Waals surface area contributed by atoms with Gasteiger partial charge in [-0.3, -0.25) is 0 Å². The summed E-state index contributed by atoms with van der Waals surface area (Å²) in [5.41, 5.74) is 5.66. The third-order valence-corrected chi connectivity index (χ3v) is 2.15. The van der Waals surface area contributed by atoms with E-state index in [0.717, 1.165) is 13.0 Å². The molecule has 1 heterocycles. The second-order valence-corrected chi connectivity index (χ2v) is 4.00. The molecule has 1 unspecified atom stereocenters. The Kier molecular flexibility index (Phi) is 4.08. The van der Waals surface area contributed by atoms with Gasteiger partial charge < -0.3 is 15.1 Å². The van der Waals surface area contributed by atoms with Crippen LogP contribution >= 0.6 is 0 Å². The first-order chi connectivity index (χ1) is 7.06. The van der Waals surface area contributed by atoms with Crippen molar-refractivity contribution in [2.45, 2.75) is 46.2 Å². The molecule has 1 aromatic rings. The topological polar surface area (TPSA) is 68.2 Å². The summed E-state index contributed by atoms with van der Waals surface area (Å²) in [5, 5.41) is 7.92. The van der Waals surface area contributed by atoms with Gasteiger partial charge in [0.15, 0.2) is 0 Å². The lowest BCUT2D eigenvalue weighted by atomic mass is 10.3. The Morgan fingerprint density at radius 3 is 2.40 bits per heavy atom. The zero-order chi connectivity index (χ0) is 11.4. The number of nitrogens with zero attached hydrogens (tertiary/aromatic N) is 3. The van der Waals surface area contributed by atoms with Crippen molar-refractivity contribution in [1.82, 2.24) is 10.2 Å².